The summed E-state index contributed by atoms with van der Waals surface area (Å²) in [5, 5.41) is 16.3. The number of ketones is 1. The molecule has 1 unspecified atom stereocenters. The molecule has 0 bridgehead atoms. The molecule has 0 saturated heterocycles. The SMILES string of the molecule is CCC(NC(=O)OCc1c(Cl)cccc1Cl)C(=O)Cn1nnc(Cc2c(Cl)cccc2Cl)n1. The van der Waals surface area contributed by atoms with Crippen LogP contribution in [0.1, 0.15) is 30.3 Å². The number of rotatable bonds is 9. The van der Waals surface area contributed by atoms with Gasteiger partial charge >= 0.3 is 6.09 Å². The quantitative estimate of drug-likeness (QED) is 0.410. The highest BCUT2D eigenvalue weighted by atomic mass is 35.5. The minimum absolute atomic E-state index is 0.131. The summed E-state index contributed by atoms with van der Waals surface area (Å²) in [6.45, 7) is 1.44. The second kappa shape index (κ2) is 11.7. The summed E-state index contributed by atoms with van der Waals surface area (Å²) in [6.07, 6.45) is -0.164. The maximum atomic E-state index is 12.7. The van der Waals surface area contributed by atoms with Gasteiger partial charge < -0.3 is 10.1 Å². The second-order valence-electron chi connectivity index (χ2n) is 6.96. The molecule has 1 aromatic heterocycles. The number of aromatic nitrogens is 4. The highest BCUT2D eigenvalue weighted by Crippen LogP contribution is 2.26. The number of carbonyl (C=O) groups is 2. The fourth-order valence-corrected chi connectivity index (χ4v) is 3.96. The Balaban J connectivity index is 1.56. The molecule has 0 aliphatic carbocycles. The van der Waals surface area contributed by atoms with Crippen molar-refractivity contribution in [2.75, 3.05) is 0 Å². The number of ether oxygens (including phenoxy) is 1. The Hall–Kier alpha value is -2.39. The number of nitrogens with one attached hydrogen (secondary N) is 1. The van der Waals surface area contributed by atoms with Gasteiger partial charge in [-0.15, -0.1) is 10.2 Å². The topological polar surface area (TPSA) is 99.0 Å². The maximum absolute atomic E-state index is 12.7. The summed E-state index contributed by atoms with van der Waals surface area (Å²) in [5.41, 5.74) is 1.15. The average molecular weight is 531 g/mol. The van der Waals surface area contributed by atoms with Crippen molar-refractivity contribution in [3.63, 3.8) is 0 Å². The third-order valence-electron chi connectivity index (χ3n) is 4.69. The van der Waals surface area contributed by atoms with Gasteiger partial charge in [-0.25, -0.2) is 4.79 Å². The Morgan fingerprint density at radius 2 is 1.58 bits per heavy atom. The molecule has 174 valence electrons. The van der Waals surface area contributed by atoms with Gasteiger partial charge in [0, 0.05) is 32.1 Å². The number of alkyl carbamates (subject to hydrolysis) is 1. The number of Topliss-reactive ketones (excluding diaryl/α,β-unsaturated/α-hetero) is 1. The van der Waals surface area contributed by atoms with Crippen LogP contribution in [0.25, 0.3) is 0 Å². The largest absolute Gasteiger partial charge is 0.445 e. The summed E-state index contributed by atoms with van der Waals surface area (Å²) >= 11 is 24.5. The van der Waals surface area contributed by atoms with E-state index in [1.54, 1.807) is 43.3 Å². The van der Waals surface area contributed by atoms with E-state index in [2.05, 4.69) is 20.7 Å². The lowest BCUT2D eigenvalue weighted by Gasteiger charge is -2.16. The molecule has 0 spiro atoms. The zero-order chi connectivity index (χ0) is 24.0. The van der Waals surface area contributed by atoms with E-state index in [0.717, 1.165) is 4.80 Å². The van der Waals surface area contributed by atoms with Crippen LogP contribution in [0.5, 0.6) is 0 Å². The van der Waals surface area contributed by atoms with Gasteiger partial charge in [0.05, 0.1) is 6.04 Å². The van der Waals surface area contributed by atoms with Gasteiger partial charge in [0.15, 0.2) is 11.6 Å². The first-order valence-electron chi connectivity index (χ1n) is 9.87. The van der Waals surface area contributed by atoms with E-state index in [1.165, 1.54) is 0 Å². The summed E-state index contributed by atoms with van der Waals surface area (Å²) in [5.74, 6) is 0.0415. The van der Waals surface area contributed by atoms with E-state index in [1.807, 2.05) is 0 Å². The molecule has 0 saturated carbocycles. The van der Waals surface area contributed by atoms with Gasteiger partial charge in [-0.05, 0) is 41.5 Å². The van der Waals surface area contributed by atoms with Crippen LogP contribution < -0.4 is 5.32 Å². The third kappa shape index (κ3) is 6.80. The smallest absolute Gasteiger partial charge is 0.408 e. The van der Waals surface area contributed by atoms with Crippen molar-refractivity contribution in [3.05, 3.63) is 73.4 Å². The second-order valence-corrected chi connectivity index (χ2v) is 8.59. The Kier molecular flexibility index (Phi) is 8.91. The van der Waals surface area contributed by atoms with E-state index in [0.29, 0.717) is 43.5 Å². The lowest BCUT2D eigenvalue weighted by molar-refractivity contribution is -0.122. The van der Waals surface area contributed by atoms with Crippen LogP contribution in [0.15, 0.2) is 36.4 Å². The molecule has 3 rings (SSSR count). The number of amides is 1. The number of hydrogen-bond donors (Lipinski definition) is 1. The molecular formula is C21H19Cl4N5O3. The van der Waals surface area contributed by atoms with Crippen LogP contribution in [0.4, 0.5) is 4.79 Å². The molecule has 1 amide bonds. The van der Waals surface area contributed by atoms with Crippen molar-refractivity contribution < 1.29 is 14.3 Å². The minimum atomic E-state index is -0.799. The van der Waals surface area contributed by atoms with Crippen molar-refractivity contribution in [1.29, 1.82) is 0 Å². The highest BCUT2D eigenvalue weighted by molar-refractivity contribution is 6.36. The fourth-order valence-electron chi connectivity index (χ4n) is 2.93. The van der Waals surface area contributed by atoms with Gasteiger partial charge in [0.25, 0.3) is 0 Å². The van der Waals surface area contributed by atoms with Crippen molar-refractivity contribution in [2.24, 2.45) is 0 Å². The lowest BCUT2D eigenvalue weighted by atomic mass is 10.1. The highest BCUT2D eigenvalue weighted by Gasteiger charge is 2.22. The van der Waals surface area contributed by atoms with Crippen molar-refractivity contribution in [2.45, 2.75) is 39.0 Å². The van der Waals surface area contributed by atoms with Crippen molar-refractivity contribution in [3.8, 4) is 0 Å². The van der Waals surface area contributed by atoms with Crippen LogP contribution in [-0.4, -0.2) is 38.1 Å². The predicted molar refractivity (Wildman–Crippen MR) is 126 cm³/mol. The van der Waals surface area contributed by atoms with Crippen molar-refractivity contribution in [1.82, 2.24) is 25.5 Å². The Bertz CT molecular complexity index is 1110. The number of tetrazole rings is 1. The van der Waals surface area contributed by atoms with E-state index in [4.69, 9.17) is 51.1 Å². The van der Waals surface area contributed by atoms with Gasteiger partial charge in [-0.2, -0.15) is 4.80 Å². The fraction of sp³-hybridized carbons (Fsp3) is 0.286. The predicted octanol–water partition coefficient (Wildman–Crippen LogP) is 5.15. The molecule has 1 atom stereocenters. The van der Waals surface area contributed by atoms with Gasteiger partial charge in [0.1, 0.15) is 13.2 Å². The molecule has 0 aliphatic rings. The van der Waals surface area contributed by atoms with Crippen LogP contribution >= 0.6 is 46.4 Å². The first kappa shape index (κ1) is 25.2. The monoisotopic (exact) mass is 529 g/mol. The zero-order valence-electron chi connectivity index (χ0n) is 17.4. The van der Waals surface area contributed by atoms with Gasteiger partial charge in [0.2, 0.25) is 0 Å². The Morgan fingerprint density at radius 1 is 1.00 bits per heavy atom. The van der Waals surface area contributed by atoms with E-state index in [9.17, 15) is 9.59 Å². The number of carbonyl (C=O) groups excluding carboxylic acids is 2. The number of nitrogens with zero attached hydrogens (tertiary/aromatic N) is 4. The molecule has 12 heteroatoms. The number of halogens is 4. The standard InChI is InChI=1S/C21H19Cl4N5O3/c1-2-18(26-21(32)33-11-13-16(24)7-4-8-17(13)25)19(31)10-30-28-20(27-29-30)9-12-14(22)5-3-6-15(12)23/h3-8,18H,2,9-11H2,1H3,(H,26,32). The molecule has 1 heterocycles. The molecule has 0 radical (unpaired) electrons. The van der Waals surface area contributed by atoms with Crippen LogP contribution in [-0.2, 0) is 29.1 Å². The molecule has 8 nitrogen and oxygen atoms in total. The number of benzene rings is 2. The Morgan fingerprint density at radius 3 is 2.15 bits per heavy atom. The molecule has 0 fully saturated rings. The summed E-state index contributed by atoms with van der Waals surface area (Å²) in [4.78, 5) is 26.0. The van der Waals surface area contributed by atoms with E-state index >= 15 is 0 Å². The Labute approximate surface area is 210 Å². The molecule has 1 N–H and O–H groups in total. The first-order chi connectivity index (χ1) is 15.8. The van der Waals surface area contributed by atoms with Crippen molar-refractivity contribution >= 4 is 58.3 Å². The normalized spacial score (nSPS) is 11.8. The third-order valence-corrected chi connectivity index (χ3v) is 6.10. The molecule has 33 heavy (non-hydrogen) atoms. The zero-order valence-corrected chi connectivity index (χ0v) is 20.4. The summed E-state index contributed by atoms with van der Waals surface area (Å²) in [7, 11) is 0. The lowest BCUT2D eigenvalue weighted by Crippen LogP contribution is -2.42. The van der Waals surface area contributed by atoms with E-state index < -0.39 is 12.1 Å². The minimum Gasteiger partial charge on any atom is -0.445 e. The number of hydrogen-bond acceptors (Lipinski definition) is 6. The molecule has 3 aromatic rings. The van der Waals surface area contributed by atoms with Crippen LogP contribution in [0.3, 0.4) is 0 Å². The first-order valence-corrected chi connectivity index (χ1v) is 11.4. The van der Waals surface area contributed by atoms with Crippen LogP contribution in [0, 0.1) is 0 Å². The van der Waals surface area contributed by atoms with E-state index in [-0.39, 0.29) is 25.4 Å². The summed E-state index contributed by atoms with van der Waals surface area (Å²) in [6, 6.07) is 9.34. The van der Waals surface area contributed by atoms with Gasteiger partial charge in [-0.3, -0.25) is 4.79 Å². The molecule has 2 aromatic carbocycles. The van der Waals surface area contributed by atoms with Crippen LogP contribution in [0.2, 0.25) is 20.1 Å². The average Bonchev–Trinajstić information content (AvgIpc) is 3.21. The van der Waals surface area contributed by atoms with Gasteiger partial charge in [-0.1, -0.05) is 65.5 Å². The maximum Gasteiger partial charge on any atom is 0.408 e. The molecular weight excluding hydrogens is 512 g/mol. The summed E-state index contributed by atoms with van der Waals surface area (Å²) < 4.78 is 5.17. The molecule has 0 aliphatic heterocycles.